The van der Waals surface area contributed by atoms with Crippen molar-refractivity contribution >= 4 is 57.5 Å². The van der Waals surface area contributed by atoms with Crippen LogP contribution in [0.1, 0.15) is 0 Å². The van der Waals surface area contributed by atoms with Gasteiger partial charge in [0.1, 0.15) is 11.5 Å². The Hall–Kier alpha value is -0.429. The summed E-state index contributed by atoms with van der Waals surface area (Å²) in [6.07, 6.45) is 0. The van der Waals surface area contributed by atoms with Gasteiger partial charge in [0, 0.05) is 8.95 Å². The molecule has 0 aromatic heterocycles. The second kappa shape index (κ2) is 8.93. The van der Waals surface area contributed by atoms with Crippen LogP contribution in [0.2, 0.25) is 39.3 Å². The zero-order valence-electron chi connectivity index (χ0n) is 16.5. The Morgan fingerprint density at radius 3 is 1.11 bits per heavy atom. The third kappa shape index (κ3) is 8.22. The highest BCUT2D eigenvalue weighted by molar-refractivity contribution is 9.10. The summed E-state index contributed by atoms with van der Waals surface area (Å²) in [4.78, 5) is 0. The first kappa shape index (κ1) is 22.9. The molecule has 148 valence electrons. The molecule has 0 unspecified atom stereocenters. The molecular weight excluding hydrogens is 524 g/mol. The summed E-state index contributed by atoms with van der Waals surface area (Å²) in [5.74, 6) is 1.62. The van der Waals surface area contributed by atoms with Crippen molar-refractivity contribution in [3.63, 3.8) is 0 Å². The van der Waals surface area contributed by atoms with Crippen LogP contribution in [-0.4, -0.2) is 25.7 Å². The van der Waals surface area contributed by atoms with Crippen LogP contribution in [0, 0.1) is 0 Å². The van der Waals surface area contributed by atoms with Gasteiger partial charge in [0.25, 0.3) is 0 Å². The Morgan fingerprint density at radius 1 is 0.519 bits per heavy atom. The molecule has 0 spiro atoms. The van der Waals surface area contributed by atoms with Gasteiger partial charge in [0.15, 0.2) is 0 Å². The molecule has 2 aromatic carbocycles. The molecule has 0 bridgehead atoms. The van der Waals surface area contributed by atoms with E-state index in [4.69, 9.17) is 17.1 Å². The van der Waals surface area contributed by atoms with Gasteiger partial charge >= 0.3 is 25.7 Å². The maximum atomic E-state index is 6.42. The van der Waals surface area contributed by atoms with Crippen LogP contribution in [-0.2, 0) is 8.23 Å². The normalized spacial score (nSPS) is 12.7. The fourth-order valence-corrected chi connectivity index (χ4v) is 15.1. The van der Waals surface area contributed by atoms with Crippen LogP contribution >= 0.6 is 31.9 Å². The highest BCUT2D eigenvalue weighted by Crippen LogP contribution is 2.26. The van der Waals surface area contributed by atoms with Crippen LogP contribution in [0.5, 0.6) is 11.5 Å². The summed E-state index contributed by atoms with van der Waals surface area (Å²) in [6, 6.07) is 15.6. The van der Waals surface area contributed by atoms with Crippen molar-refractivity contribution in [3.8, 4) is 11.5 Å². The first-order valence-electron chi connectivity index (χ1n) is 8.65. The molecule has 9 heteroatoms. The van der Waals surface area contributed by atoms with Crippen molar-refractivity contribution in [1.29, 1.82) is 0 Å². The topological polar surface area (TPSA) is 36.9 Å². The summed E-state index contributed by atoms with van der Waals surface area (Å²) in [6.45, 7) is 12.3. The maximum Gasteiger partial charge on any atom is 0.383 e. The number of halogens is 2. The van der Waals surface area contributed by atoms with Gasteiger partial charge in [-0.15, -0.1) is 0 Å². The number of hydrogen-bond donors (Lipinski definition) is 0. The van der Waals surface area contributed by atoms with Crippen LogP contribution in [0.25, 0.3) is 0 Å². The zero-order valence-corrected chi connectivity index (χ0v) is 22.7. The number of benzene rings is 2. The van der Waals surface area contributed by atoms with Gasteiger partial charge in [0.2, 0.25) is 0 Å². The van der Waals surface area contributed by atoms with Crippen LogP contribution < -0.4 is 8.85 Å². The van der Waals surface area contributed by atoms with Crippen molar-refractivity contribution < 1.29 is 17.1 Å². The highest BCUT2D eigenvalue weighted by atomic mass is 79.9. The van der Waals surface area contributed by atoms with E-state index in [1.807, 2.05) is 87.8 Å². The fraction of sp³-hybridized carbons (Fsp3) is 0.333. The van der Waals surface area contributed by atoms with Crippen molar-refractivity contribution in [1.82, 2.24) is 0 Å². The minimum atomic E-state index is -2.45. The molecule has 27 heavy (non-hydrogen) atoms. The first-order chi connectivity index (χ1) is 12.4. The average molecular weight is 550 g/mol. The molecule has 0 heterocycles. The van der Waals surface area contributed by atoms with Crippen LogP contribution in [0.4, 0.5) is 0 Å². The highest BCUT2D eigenvalue weighted by Gasteiger charge is 2.43. The summed E-state index contributed by atoms with van der Waals surface area (Å²) in [5, 5.41) is 0. The quantitative estimate of drug-likeness (QED) is 0.339. The monoisotopic (exact) mass is 548 g/mol. The third-order valence-electron chi connectivity index (χ3n) is 3.34. The molecule has 0 N–H and O–H groups in total. The Morgan fingerprint density at radius 2 is 0.815 bits per heavy atom. The molecule has 0 aliphatic carbocycles. The summed E-state index contributed by atoms with van der Waals surface area (Å²) in [5.41, 5.74) is 0. The van der Waals surface area contributed by atoms with E-state index in [9.17, 15) is 0 Å². The lowest BCUT2D eigenvalue weighted by atomic mass is 10.3. The van der Waals surface area contributed by atoms with Gasteiger partial charge in [-0.25, -0.2) is 0 Å². The first-order valence-corrected chi connectivity index (χ1v) is 18.7. The summed E-state index contributed by atoms with van der Waals surface area (Å²) >= 11 is 6.87. The van der Waals surface area contributed by atoms with Gasteiger partial charge < -0.3 is 17.1 Å². The van der Waals surface area contributed by atoms with Gasteiger partial charge in [-0.3, -0.25) is 0 Å². The van der Waals surface area contributed by atoms with E-state index in [1.165, 1.54) is 0 Å². The van der Waals surface area contributed by atoms with Crippen LogP contribution in [0.3, 0.4) is 0 Å². The Labute approximate surface area is 182 Å². The predicted octanol–water partition coefficient (Wildman–Crippen LogP) is 6.81. The minimum absolute atomic E-state index is 0.808. The molecule has 0 saturated heterocycles. The molecule has 0 radical (unpaired) electrons. The standard InChI is InChI=1S/C18H26Br2O4Si3/c1-25(2,21-17-11-7-15(19)8-12-17)23-27(5,6)24-26(3,4)22-18-13-9-16(20)10-14-18/h7-14H,1-6H3. The van der Waals surface area contributed by atoms with Gasteiger partial charge in [-0.2, -0.15) is 0 Å². The summed E-state index contributed by atoms with van der Waals surface area (Å²) < 4.78 is 27.2. The SMILES string of the molecule is C[Si](C)(Oc1ccc(Br)cc1)O[Si](C)(C)O[Si](C)(C)Oc1ccc(Br)cc1. The van der Waals surface area contributed by atoms with E-state index >= 15 is 0 Å². The lowest BCUT2D eigenvalue weighted by Gasteiger charge is -2.37. The molecule has 0 saturated carbocycles. The van der Waals surface area contributed by atoms with E-state index in [2.05, 4.69) is 31.9 Å². The molecule has 0 aliphatic rings. The predicted molar refractivity (Wildman–Crippen MR) is 124 cm³/mol. The van der Waals surface area contributed by atoms with Crippen molar-refractivity contribution in [2.24, 2.45) is 0 Å². The molecule has 0 aliphatic heterocycles. The van der Waals surface area contributed by atoms with Gasteiger partial charge in [-0.1, -0.05) is 31.9 Å². The molecule has 2 aromatic rings. The second-order valence-electron chi connectivity index (χ2n) is 7.52. The van der Waals surface area contributed by atoms with E-state index in [1.54, 1.807) is 0 Å². The van der Waals surface area contributed by atoms with Gasteiger partial charge in [0.05, 0.1) is 0 Å². The van der Waals surface area contributed by atoms with E-state index in [0.29, 0.717) is 0 Å². The Bertz CT molecular complexity index is 687. The van der Waals surface area contributed by atoms with Gasteiger partial charge in [-0.05, 0) is 87.8 Å². The molecule has 0 atom stereocenters. The zero-order chi connectivity index (χ0) is 20.3. The Kier molecular flexibility index (Phi) is 7.56. The van der Waals surface area contributed by atoms with Crippen LogP contribution in [0.15, 0.2) is 57.5 Å². The molecular formula is C18H26Br2O4Si3. The number of rotatable bonds is 8. The van der Waals surface area contributed by atoms with E-state index in [-0.39, 0.29) is 0 Å². The van der Waals surface area contributed by atoms with E-state index in [0.717, 1.165) is 20.4 Å². The van der Waals surface area contributed by atoms with Crippen molar-refractivity contribution in [2.45, 2.75) is 39.3 Å². The molecule has 4 nitrogen and oxygen atoms in total. The lowest BCUT2D eigenvalue weighted by Crippen LogP contribution is -2.56. The van der Waals surface area contributed by atoms with E-state index < -0.39 is 25.7 Å². The molecule has 0 fully saturated rings. The lowest BCUT2D eigenvalue weighted by molar-refractivity contribution is 0.301. The second-order valence-corrected chi connectivity index (χ2v) is 19.8. The average Bonchev–Trinajstić information content (AvgIpc) is 2.49. The van der Waals surface area contributed by atoms with Crippen molar-refractivity contribution in [2.75, 3.05) is 0 Å². The third-order valence-corrected chi connectivity index (χ3v) is 13.7. The smallest absolute Gasteiger partial charge is 0.383 e. The molecule has 0 amide bonds. The minimum Gasteiger partial charge on any atom is -0.521 e. The maximum absolute atomic E-state index is 6.42. The summed E-state index contributed by atoms with van der Waals surface area (Å²) in [7, 11) is -7.28. The fourth-order valence-electron chi connectivity index (χ4n) is 2.82. The van der Waals surface area contributed by atoms with Crippen molar-refractivity contribution in [3.05, 3.63) is 57.5 Å². The Balaban J connectivity index is 2.00. The molecule has 2 rings (SSSR count). The largest absolute Gasteiger partial charge is 0.521 e. The number of hydrogen-bond acceptors (Lipinski definition) is 4.